The van der Waals surface area contributed by atoms with E-state index in [9.17, 15) is 4.79 Å². The van der Waals surface area contributed by atoms with E-state index in [1.54, 1.807) is 30.5 Å². The van der Waals surface area contributed by atoms with Crippen LogP contribution in [0.4, 0.5) is 0 Å². The minimum atomic E-state index is -0.370. The van der Waals surface area contributed by atoms with Gasteiger partial charge in [-0.3, -0.25) is 0 Å². The van der Waals surface area contributed by atoms with Crippen LogP contribution in [-0.4, -0.2) is 15.7 Å². The van der Waals surface area contributed by atoms with E-state index in [0.29, 0.717) is 11.3 Å². The summed E-state index contributed by atoms with van der Waals surface area (Å²) < 4.78 is 7.11. The summed E-state index contributed by atoms with van der Waals surface area (Å²) in [7, 11) is 0. The lowest BCUT2D eigenvalue weighted by atomic mass is 10.2. The number of aromatic nitrogens is 2. The fourth-order valence-corrected chi connectivity index (χ4v) is 2.03. The van der Waals surface area contributed by atoms with Gasteiger partial charge >= 0.3 is 5.97 Å². The van der Waals surface area contributed by atoms with E-state index in [-0.39, 0.29) is 5.97 Å². The molecule has 4 heteroatoms. The third-order valence-corrected chi connectivity index (χ3v) is 3.13. The molecule has 0 saturated heterocycles. The molecule has 21 heavy (non-hydrogen) atoms. The third kappa shape index (κ3) is 2.84. The van der Waals surface area contributed by atoms with Gasteiger partial charge in [0.15, 0.2) is 0 Å². The average Bonchev–Trinajstić information content (AvgIpc) is 2.94. The van der Waals surface area contributed by atoms with Crippen molar-refractivity contribution < 1.29 is 9.53 Å². The molecule has 0 aliphatic carbocycles. The van der Waals surface area contributed by atoms with Gasteiger partial charge in [0.25, 0.3) is 0 Å². The molecule has 3 rings (SSSR count). The first kappa shape index (κ1) is 13.1. The van der Waals surface area contributed by atoms with Crippen molar-refractivity contribution in [2.45, 2.75) is 6.92 Å². The fourth-order valence-electron chi connectivity index (χ4n) is 2.03. The smallest absolute Gasteiger partial charge is 0.343 e. The van der Waals surface area contributed by atoms with Gasteiger partial charge in [-0.25, -0.2) is 9.48 Å². The van der Waals surface area contributed by atoms with Gasteiger partial charge in [0, 0.05) is 11.9 Å². The summed E-state index contributed by atoms with van der Waals surface area (Å²) in [5, 5.41) is 4.23. The summed E-state index contributed by atoms with van der Waals surface area (Å²) in [6.45, 7) is 1.98. The molecule has 2 aromatic carbocycles. The second-order valence-corrected chi connectivity index (χ2v) is 4.63. The highest BCUT2D eigenvalue weighted by Crippen LogP contribution is 2.14. The highest BCUT2D eigenvalue weighted by Gasteiger charge is 2.09. The summed E-state index contributed by atoms with van der Waals surface area (Å²) >= 11 is 0. The van der Waals surface area contributed by atoms with E-state index >= 15 is 0 Å². The van der Waals surface area contributed by atoms with E-state index in [1.807, 2.05) is 48.0 Å². The predicted molar refractivity (Wildman–Crippen MR) is 79.7 cm³/mol. The molecule has 0 radical (unpaired) electrons. The van der Waals surface area contributed by atoms with Gasteiger partial charge in [0.1, 0.15) is 5.75 Å². The van der Waals surface area contributed by atoms with Crippen LogP contribution in [0.3, 0.4) is 0 Å². The van der Waals surface area contributed by atoms with Gasteiger partial charge in [-0.15, -0.1) is 0 Å². The second-order valence-electron chi connectivity index (χ2n) is 4.63. The van der Waals surface area contributed by atoms with Crippen LogP contribution in [0.2, 0.25) is 0 Å². The zero-order chi connectivity index (χ0) is 14.7. The molecule has 0 N–H and O–H groups in total. The lowest BCUT2D eigenvalue weighted by molar-refractivity contribution is 0.0735. The number of para-hydroxylation sites is 1. The van der Waals surface area contributed by atoms with Crippen molar-refractivity contribution in [1.29, 1.82) is 0 Å². The van der Waals surface area contributed by atoms with Gasteiger partial charge in [0.2, 0.25) is 0 Å². The number of benzene rings is 2. The number of esters is 1. The quantitative estimate of drug-likeness (QED) is 0.545. The van der Waals surface area contributed by atoms with E-state index in [0.717, 1.165) is 11.4 Å². The first-order valence-electron chi connectivity index (χ1n) is 6.62. The maximum atomic E-state index is 12.0. The standard InChI is InChI=1S/C17H14N2O2/c1-13-11-12-18-19(13)15-9-7-14(8-10-15)17(20)21-16-5-3-2-4-6-16/h2-12H,1H3. The Hall–Kier alpha value is -2.88. The highest BCUT2D eigenvalue weighted by atomic mass is 16.5. The lowest BCUT2D eigenvalue weighted by Gasteiger charge is -2.06. The van der Waals surface area contributed by atoms with Crippen molar-refractivity contribution in [2.75, 3.05) is 0 Å². The second kappa shape index (κ2) is 5.63. The van der Waals surface area contributed by atoms with Crippen molar-refractivity contribution >= 4 is 5.97 Å². The highest BCUT2D eigenvalue weighted by molar-refractivity contribution is 5.91. The number of rotatable bonds is 3. The number of aryl methyl sites for hydroxylation is 1. The first-order chi connectivity index (χ1) is 10.2. The molecule has 0 atom stereocenters. The zero-order valence-corrected chi connectivity index (χ0v) is 11.6. The summed E-state index contributed by atoms with van der Waals surface area (Å²) in [6.07, 6.45) is 1.74. The number of hydrogen-bond acceptors (Lipinski definition) is 3. The van der Waals surface area contributed by atoms with Crippen LogP contribution in [0.5, 0.6) is 5.75 Å². The van der Waals surface area contributed by atoms with Crippen LogP contribution < -0.4 is 4.74 Å². The number of carbonyl (C=O) groups is 1. The van der Waals surface area contributed by atoms with Gasteiger partial charge in [-0.1, -0.05) is 18.2 Å². The molecule has 1 aromatic heterocycles. The fraction of sp³-hybridized carbons (Fsp3) is 0.0588. The summed E-state index contributed by atoms with van der Waals surface area (Å²) in [5.41, 5.74) is 2.45. The Morgan fingerprint density at radius 1 is 1.00 bits per heavy atom. The topological polar surface area (TPSA) is 44.1 Å². The Morgan fingerprint density at radius 2 is 1.71 bits per heavy atom. The molecule has 0 aliphatic heterocycles. The SMILES string of the molecule is Cc1ccnn1-c1ccc(C(=O)Oc2ccccc2)cc1. The number of ether oxygens (including phenoxy) is 1. The Bertz CT molecular complexity index is 746. The molecule has 1 heterocycles. The lowest BCUT2D eigenvalue weighted by Crippen LogP contribution is -2.08. The molecular formula is C17H14N2O2. The van der Waals surface area contributed by atoms with E-state index in [2.05, 4.69) is 5.10 Å². The molecule has 104 valence electrons. The summed E-state index contributed by atoms with van der Waals surface area (Å²) in [6, 6.07) is 18.1. The van der Waals surface area contributed by atoms with Crippen molar-refractivity contribution in [3.63, 3.8) is 0 Å². The Morgan fingerprint density at radius 3 is 2.33 bits per heavy atom. The van der Waals surface area contributed by atoms with E-state index in [1.165, 1.54) is 0 Å². The minimum Gasteiger partial charge on any atom is -0.423 e. The van der Waals surface area contributed by atoms with E-state index in [4.69, 9.17) is 4.74 Å². The Labute approximate surface area is 122 Å². The van der Waals surface area contributed by atoms with Crippen LogP contribution in [0.25, 0.3) is 5.69 Å². The Kier molecular flexibility index (Phi) is 3.51. The maximum Gasteiger partial charge on any atom is 0.343 e. The maximum absolute atomic E-state index is 12.0. The molecular weight excluding hydrogens is 264 g/mol. The number of carbonyl (C=O) groups excluding carboxylic acids is 1. The van der Waals surface area contributed by atoms with Crippen molar-refractivity contribution in [1.82, 2.24) is 9.78 Å². The van der Waals surface area contributed by atoms with Crippen LogP contribution in [0.1, 0.15) is 16.1 Å². The molecule has 0 amide bonds. The van der Waals surface area contributed by atoms with Crippen LogP contribution in [0.15, 0.2) is 66.9 Å². The summed E-state index contributed by atoms with van der Waals surface area (Å²) in [5.74, 6) is 0.166. The number of hydrogen-bond donors (Lipinski definition) is 0. The molecule has 3 aromatic rings. The van der Waals surface area contributed by atoms with Gasteiger partial charge in [0.05, 0.1) is 11.3 Å². The van der Waals surface area contributed by atoms with Crippen molar-refractivity contribution in [3.05, 3.63) is 78.1 Å². The molecule has 4 nitrogen and oxygen atoms in total. The van der Waals surface area contributed by atoms with Crippen LogP contribution in [0, 0.1) is 6.92 Å². The minimum absolute atomic E-state index is 0.370. The van der Waals surface area contributed by atoms with Crippen molar-refractivity contribution in [2.24, 2.45) is 0 Å². The van der Waals surface area contributed by atoms with E-state index < -0.39 is 0 Å². The average molecular weight is 278 g/mol. The predicted octanol–water partition coefficient (Wildman–Crippen LogP) is 3.40. The summed E-state index contributed by atoms with van der Waals surface area (Å²) in [4.78, 5) is 12.0. The molecule has 0 bridgehead atoms. The zero-order valence-electron chi connectivity index (χ0n) is 11.6. The molecule has 0 spiro atoms. The van der Waals surface area contributed by atoms with Gasteiger partial charge in [-0.05, 0) is 49.4 Å². The molecule has 0 unspecified atom stereocenters. The molecule has 0 aliphatic rings. The first-order valence-corrected chi connectivity index (χ1v) is 6.62. The van der Waals surface area contributed by atoms with Gasteiger partial charge < -0.3 is 4.74 Å². The van der Waals surface area contributed by atoms with Crippen LogP contribution >= 0.6 is 0 Å². The third-order valence-electron chi connectivity index (χ3n) is 3.13. The number of nitrogens with zero attached hydrogens (tertiary/aromatic N) is 2. The molecule has 0 fully saturated rings. The van der Waals surface area contributed by atoms with Gasteiger partial charge in [-0.2, -0.15) is 5.10 Å². The largest absolute Gasteiger partial charge is 0.423 e. The monoisotopic (exact) mass is 278 g/mol. The van der Waals surface area contributed by atoms with Crippen molar-refractivity contribution in [3.8, 4) is 11.4 Å². The Balaban J connectivity index is 1.78. The normalized spacial score (nSPS) is 10.3. The molecule has 0 saturated carbocycles. The van der Waals surface area contributed by atoms with Crippen LogP contribution in [-0.2, 0) is 0 Å².